The fraction of sp³-hybridized carbons (Fsp3) is 0. The van der Waals surface area contributed by atoms with E-state index in [0.29, 0.717) is 5.13 Å². The van der Waals surface area contributed by atoms with Crippen molar-refractivity contribution >= 4 is 16.5 Å². The first-order valence-corrected chi connectivity index (χ1v) is 2.54. The van der Waals surface area contributed by atoms with Gasteiger partial charge in [0.1, 0.15) is 5.51 Å². The molecular weight excluding hydrogens is 112 g/mol. The van der Waals surface area contributed by atoms with Gasteiger partial charge in [0, 0.05) is 0 Å². The predicted octanol–water partition coefficient (Wildman–Crippen LogP) is -0.176. The van der Waals surface area contributed by atoms with Crippen LogP contribution in [-0.2, 0) is 0 Å². The van der Waals surface area contributed by atoms with Crippen molar-refractivity contribution in [1.29, 1.82) is 0 Å². The molecule has 0 aliphatic heterocycles. The van der Waals surface area contributed by atoms with Gasteiger partial charge in [-0.05, 0) is 0 Å². The van der Waals surface area contributed by atoms with Gasteiger partial charge in [-0.1, -0.05) is 11.3 Å². The summed E-state index contributed by atoms with van der Waals surface area (Å²) in [5.41, 5.74) is 3.96. The lowest BCUT2D eigenvalue weighted by molar-refractivity contribution is 1.08. The van der Waals surface area contributed by atoms with Crippen molar-refractivity contribution in [2.45, 2.75) is 0 Å². The van der Waals surface area contributed by atoms with Gasteiger partial charge in [0.2, 0.25) is 5.13 Å². The molecule has 0 bridgehead atoms. The van der Waals surface area contributed by atoms with Crippen LogP contribution in [0, 0.1) is 0 Å². The van der Waals surface area contributed by atoms with Gasteiger partial charge in [-0.25, -0.2) is 5.84 Å². The number of nitrogens with zero attached hydrogens (tertiary/aromatic N) is 2. The van der Waals surface area contributed by atoms with Gasteiger partial charge in [0.05, 0.1) is 0 Å². The molecule has 0 saturated heterocycles. The first kappa shape index (κ1) is 4.48. The molecule has 38 valence electrons. The van der Waals surface area contributed by atoms with Crippen molar-refractivity contribution in [3.63, 3.8) is 0 Å². The molecule has 0 atom stereocenters. The highest BCUT2D eigenvalue weighted by Crippen LogP contribution is 2.03. The Balaban J connectivity index is 2.76. The van der Waals surface area contributed by atoms with Gasteiger partial charge in [-0.2, -0.15) is 0 Å². The van der Waals surface area contributed by atoms with Gasteiger partial charge in [-0.15, -0.1) is 10.2 Å². The monoisotopic (exact) mass is 116 g/mol. The average Bonchev–Trinajstić information content (AvgIpc) is 2.14. The average molecular weight is 116 g/mol. The van der Waals surface area contributed by atoms with Crippen molar-refractivity contribution in [2.24, 2.45) is 5.84 Å². The molecule has 0 spiro atoms. The smallest absolute Gasteiger partial charge is 0.219 e. The van der Waals surface area contributed by atoms with E-state index in [9.17, 15) is 0 Å². The third-order valence-electron chi connectivity index (χ3n) is 0.484. The maximum absolute atomic E-state index is 4.95. The first-order valence-electron chi connectivity index (χ1n) is 1.66. The highest BCUT2D eigenvalue weighted by molar-refractivity contribution is 7.13. The molecule has 1 aromatic rings. The van der Waals surface area contributed by atoms with E-state index in [-0.39, 0.29) is 0 Å². The number of hydrazine groups is 1. The Labute approximate surface area is 44.3 Å². The van der Waals surface area contributed by atoms with Gasteiger partial charge < -0.3 is 0 Å². The number of rotatable bonds is 1. The third kappa shape index (κ3) is 0.847. The summed E-state index contributed by atoms with van der Waals surface area (Å²) in [5.74, 6) is 4.95. The molecule has 0 aliphatic carbocycles. The highest BCUT2D eigenvalue weighted by atomic mass is 32.1. The summed E-state index contributed by atoms with van der Waals surface area (Å²) < 4.78 is 0. The van der Waals surface area contributed by atoms with Crippen LogP contribution < -0.4 is 11.3 Å². The molecule has 0 unspecified atom stereocenters. The van der Waals surface area contributed by atoms with Gasteiger partial charge in [0.25, 0.3) is 0 Å². The second-order valence-electron chi connectivity index (χ2n) is 0.888. The van der Waals surface area contributed by atoms with E-state index in [0.717, 1.165) is 0 Å². The quantitative estimate of drug-likeness (QED) is 0.395. The van der Waals surface area contributed by atoms with Crippen LogP contribution in [0.5, 0.6) is 0 Å². The van der Waals surface area contributed by atoms with Gasteiger partial charge in [-0.3, -0.25) is 5.43 Å². The molecule has 0 saturated carbocycles. The zero-order valence-corrected chi connectivity index (χ0v) is 4.27. The van der Waals surface area contributed by atoms with Crippen LogP contribution in [0.2, 0.25) is 0 Å². The van der Waals surface area contributed by atoms with E-state index in [4.69, 9.17) is 5.84 Å². The van der Waals surface area contributed by atoms with E-state index in [1.54, 1.807) is 5.51 Å². The largest absolute Gasteiger partial charge is 0.298 e. The molecule has 0 amide bonds. The summed E-state index contributed by atoms with van der Waals surface area (Å²) in [6, 6.07) is 0. The molecule has 4 nitrogen and oxygen atoms in total. The van der Waals surface area contributed by atoms with Crippen LogP contribution in [0.25, 0.3) is 0 Å². The van der Waals surface area contributed by atoms with Crippen LogP contribution in [0.4, 0.5) is 5.13 Å². The molecule has 0 aliphatic rings. The number of hydrogen-bond acceptors (Lipinski definition) is 5. The Hall–Kier alpha value is -0.680. The fourth-order valence-corrected chi connectivity index (χ4v) is 0.592. The topological polar surface area (TPSA) is 63.8 Å². The number of nitrogens with two attached hydrogens (primary N) is 1. The molecule has 0 radical (unpaired) electrons. The highest BCUT2D eigenvalue weighted by Gasteiger charge is 1.85. The van der Waals surface area contributed by atoms with Crippen molar-refractivity contribution in [3.05, 3.63) is 5.51 Å². The predicted molar refractivity (Wildman–Crippen MR) is 27.7 cm³/mol. The van der Waals surface area contributed by atoms with Crippen molar-refractivity contribution in [2.75, 3.05) is 5.43 Å². The lowest BCUT2D eigenvalue weighted by atomic mass is 11.3. The third-order valence-corrected chi connectivity index (χ3v) is 1.11. The second kappa shape index (κ2) is 1.85. The normalized spacial score (nSPS) is 8.71. The zero-order valence-electron chi connectivity index (χ0n) is 3.46. The van der Waals surface area contributed by atoms with E-state index in [2.05, 4.69) is 15.6 Å². The van der Waals surface area contributed by atoms with Crippen LogP contribution >= 0.6 is 11.3 Å². The van der Waals surface area contributed by atoms with E-state index < -0.39 is 0 Å². The number of aromatic nitrogens is 2. The van der Waals surface area contributed by atoms with Crippen LogP contribution in [0.15, 0.2) is 5.51 Å². The Morgan fingerprint density at radius 1 is 1.86 bits per heavy atom. The minimum Gasteiger partial charge on any atom is -0.298 e. The number of anilines is 1. The lowest BCUT2D eigenvalue weighted by Crippen LogP contribution is -2.05. The van der Waals surface area contributed by atoms with E-state index >= 15 is 0 Å². The standard InChI is InChI=1S/C2H4N4S/c3-5-2-6-4-1-7-2/h1H,3H2,(H,5,6). The molecule has 1 rings (SSSR count). The Bertz CT molecular complexity index is 124. The molecular formula is C2H4N4S. The molecule has 1 heterocycles. The molecule has 5 heteroatoms. The SMILES string of the molecule is NNc1nncs1. The van der Waals surface area contributed by atoms with E-state index in [1.165, 1.54) is 11.3 Å². The number of hydrogen-bond donors (Lipinski definition) is 2. The molecule has 3 N–H and O–H groups in total. The van der Waals surface area contributed by atoms with Crippen molar-refractivity contribution < 1.29 is 0 Å². The molecule has 1 aromatic heterocycles. The lowest BCUT2D eigenvalue weighted by Gasteiger charge is -1.82. The Morgan fingerprint density at radius 2 is 2.71 bits per heavy atom. The van der Waals surface area contributed by atoms with Crippen molar-refractivity contribution in [1.82, 2.24) is 10.2 Å². The maximum atomic E-state index is 4.95. The fourth-order valence-electron chi connectivity index (χ4n) is 0.236. The summed E-state index contributed by atoms with van der Waals surface area (Å²) >= 11 is 1.36. The summed E-state index contributed by atoms with van der Waals surface area (Å²) in [4.78, 5) is 0. The van der Waals surface area contributed by atoms with Crippen LogP contribution in [0.1, 0.15) is 0 Å². The van der Waals surface area contributed by atoms with Crippen LogP contribution in [0.3, 0.4) is 0 Å². The van der Waals surface area contributed by atoms with E-state index in [1.807, 2.05) is 0 Å². The van der Waals surface area contributed by atoms with Gasteiger partial charge in [0.15, 0.2) is 0 Å². The second-order valence-corrected chi connectivity index (χ2v) is 1.72. The Morgan fingerprint density at radius 3 is 3.00 bits per heavy atom. The number of nitrogens with one attached hydrogen (secondary N) is 1. The summed E-state index contributed by atoms with van der Waals surface area (Å²) in [6.07, 6.45) is 0. The van der Waals surface area contributed by atoms with Crippen LogP contribution in [-0.4, -0.2) is 10.2 Å². The summed E-state index contributed by atoms with van der Waals surface area (Å²) in [7, 11) is 0. The van der Waals surface area contributed by atoms with Crippen molar-refractivity contribution in [3.8, 4) is 0 Å². The number of nitrogen functional groups attached to an aromatic ring is 1. The summed E-state index contributed by atoms with van der Waals surface area (Å²) in [5, 5.41) is 7.73. The van der Waals surface area contributed by atoms with Gasteiger partial charge >= 0.3 is 0 Å². The maximum Gasteiger partial charge on any atom is 0.219 e. The zero-order chi connectivity index (χ0) is 5.11. The minimum atomic E-state index is 0.639. The molecule has 0 fully saturated rings. The first-order chi connectivity index (χ1) is 3.43. The summed E-state index contributed by atoms with van der Waals surface area (Å²) in [6.45, 7) is 0. The molecule has 0 aromatic carbocycles. The Kier molecular flexibility index (Phi) is 1.19. The minimum absolute atomic E-state index is 0.639. The molecule has 7 heavy (non-hydrogen) atoms.